The molecule has 10 heteroatoms. The van der Waals surface area contributed by atoms with E-state index in [9.17, 15) is 10.1 Å². The molecule has 0 spiro atoms. The highest BCUT2D eigenvalue weighted by molar-refractivity contribution is 6.19. The summed E-state index contributed by atoms with van der Waals surface area (Å²) >= 11 is 0. The normalized spacial score (nSPS) is 21.9. The van der Waals surface area contributed by atoms with Gasteiger partial charge >= 0.3 is 0 Å². The summed E-state index contributed by atoms with van der Waals surface area (Å²) in [4.78, 5) is 24.1. The number of piperidine rings is 1. The molecule has 194 valence electrons. The number of carbonyl (C=O) groups is 1. The van der Waals surface area contributed by atoms with Gasteiger partial charge in [0.05, 0.1) is 46.5 Å². The second-order valence-corrected chi connectivity index (χ2v) is 9.52. The first-order valence-corrected chi connectivity index (χ1v) is 12.6. The zero-order chi connectivity index (χ0) is 26.9. The van der Waals surface area contributed by atoms with Crippen molar-refractivity contribution in [2.24, 2.45) is 15.7 Å². The van der Waals surface area contributed by atoms with Crippen LogP contribution in [0.3, 0.4) is 0 Å². The van der Waals surface area contributed by atoms with Crippen molar-refractivity contribution in [1.82, 2.24) is 0 Å². The van der Waals surface area contributed by atoms with Crippen molar-refractivity contribution in [2.45, 2.75) is 24.8 Å². The molecular formula is C29H25N7O3. The molecule has 39 heavy (non-hydrogen) atoms. The fourth-order valence-electron chi connectivity index (χ4n) is 5.07. The van der Waals surface area contributed by atoms with Crippen LogP contribution in [-0.2, 0) is 14.3 Å². The van der Waals surface area contributed by atoms with Gasteiger partial charge in [-0.25, -0.2) is 4.99 Å². The van der Waals surface area contributed by atoms with Crippen LogP contribution >= 0.6 is 0 Å². The number of ether oxygens (including phenoxy) is 2. The van der Waals surface area contributed by atoms with Crippen molar-refractivity contribution in [3.8, 4) is 6.07 Å². The van der Waals surface area contributed by atoms with Crippen molar-refractivity contribution in [3.05, 3.63) is 95.1 Å². The first-order valence-electron chi connectivity index (χ1n) is 12.6. The molecule has 3 fully saturated rings. The molecule has 2 bridgehead atoms. The van der Waals surface area contributed by atoms with Crippen molar-refractivity contribution in [3.63, 3.8) is 0 Å². The number of nitrogens with one attached hydrogen (secondary N) is 2. The van der Waals surface area contributed by atoms with Gasteiger partial charge in [0.25, 0.3) is 11.9 Å². The maximum Gasteiger partial charge on any atom is 0.291 e. The van der Waals surface area contributed by atoms with E-state index in [1.165, 1.54) is 0 Å². The van der Waals surface area contributed by atoms with Gasteiger partial charge in [0.1, 0.15) is 0 Å². The Balaban J connectivity index is 1.29. The molecule has 0 saturated carbocycles. The number of benzene rings is 3. The average molecular weight is 520 g/mol. The maximum absolute atomic E-state index is 13.1. The Morgan fingerprint density at radius 1 is 1.13 bits per heavy atom. The minimum absolute atomic E-state index is 0.138. The van der Waals surface area contributed by atoms with Crippen LogP contribution in [0.4, 0.5) is 11.4 Å². The summed E-state index contributed by atoms with van der Waals surface area (Å²) in [5.74, 6) is -0.724. The number of aliphatic imine (C=N–C) groups is 2. The van der Waals surface area contributed by atoms with E-state index in [1.54, 1.807) is 24.3 Å². The highest BCUT2D eigenvalue weighted by atomic mass is 16.5. The van der Waals surface area contributed by atoms with E-state index >= 15 is 0 Å². The van der Waals surface area contributed by atoms with E-state index in [-0.39, 0.29) is 24.1 Å². The summed E-state index contributed by atoms with van der Waals surface area (Å²) in [5, 5.41) is 20.9. The number of anilines is 2. The van der Waals surface area contributed by atoms with Gasteiger partial charge in [-0.15, -0.1) is 0 Å². The lowest BCUT2D eigenvalue weighted by molar-refractivity contribution is -0.133. The maximum atomic E-state index is 13.1. The number of nitrogens with zero attached hydrogens (tertiary/aromatic N) is 4. The van der Waals surface area contributed by atoms with Gasteiger partial charge in [-0.1, -0.05) is 48.5 Å². The molecule has 3 aromatic rings. The Morgan fingerprint density at radius 3 is 2.59 bits per heavy atom. The fourth-order valence-corrected chi connectivity index (χ4v) is 5.07. The van der Waals surface area contributed by atoms with Gasteiger partial charge in [-0.05, 0) is 24.3 Å². The van der Waals surface area contributed by atoms with Gasteiger partial charge in [0.15, 0.2) is 0 Å². The summed E-state index contributed by atoms with van der Waals surface area (Å²) in [7, 11) is 0. The van der Waals surface area contributed by atoms with Crippen LogP contribution in [-0.4, -0.2) is 55.0 Å². The summed E-state index contributed by atoms with van der Waals surface area (Å²) < 4.78 is 11.3. The topological polar surface area (TPSA) is 149 Å². The summed E-state index contributed by atoms with van der Waals surface area (Å²) in [5.41, 5.74) is 10.5. The van der Waals surface area contributed by atoms with Crippen LogP contribution in [0.25, 0.3) is 0 Å². The molecule has 4 heterocycles. The summed E-state index contributed by atoms with van der Waals surface area (Å²) in [6, 6.07) is 23.7. The predicted octanol–water partition coefficient (Wildman–Crippen LogP) is 3.01. The van der Waals surface area contributed by atoms with Crippen molar-refractivity contribution >= 4 is 34.9 Å². The van der Waals surface area contributed by atoms with E-state index in [2.05, 4.69) is 26.3 Å². The monoisotopic (exact) mass is 519 g/mol. The van der Waals surface area contributed by atoms with Crippen LogP contribution in [0.5, 0.6) is 0 Å². The smallest absolute Gasteiger partial charge is 0.291 e. The Morgan fingerprint density at radius 2 is 1.85 bits per heavy atom. The van der Waals surface area contributed by atoms with Crippen LogP contribution < -0.4 is 16.0 Å². The quantitative estimate of drug-likeness (QED) is 0.356. The van der Waals surface area contributed by atoms with Gasteiger partial charge in [0.2, 0.25) is 12.1 Å². The minimum Gasteiger partial charge on any atom is -0.407 e. The zero-order valence-electron chi connectivity index (χ0n) is 20.9. The number of para-hydroxylation sites is 1. The van der Waals surface area contributed by atoms with E-state index in [0.29, 0.717) is 41.3 Å². The van der Waals surface area contributed by atoms with E-state index < -0.39 is 12.1 Å². The molecule has 3 unspecified atom stereocenters. The average Bonchev–Trinajstić information content (AvgIpc) is 3.08. The first-order chi connectivity index (χ1) is 19.0. The number of hydrogen-bond donors (Lipinski definition) is 3. The second kappa shape index (κ2) is 10.0. The molecule has 7 rings (SSSR count). The summed E-state index contributed by atoms with van der Waals surface area (Å²) in [6.07, 6.45) is 0.0558. The molecule has 0 radical (unpaired) electrons. The number of amides is 1. The van der Waals surface area contributed by atoms with Crippen LogP contribution in [0.2, 0.25) is 0 Å². The molecule has 1 amide bonds. The molecule has 3 saturated heterocycles. The fraction of sp³-hybridized carbons (Fsp3) is 0.207. The third-order valence-corrected chi connectivity index (χ3v) is 6.90. The second-order valence-electron chi connectivity index (χ2n) is 9.52. The molecule has 4 aliphatic rings. The largest absolute Gasteiger partial charge is 0.407 e. The minimum atomic E-state index is -1.23. The zero-order valence-corrected chi connectivity index (χ0v) is 20.9. The number of morpholine rings is 1. The van der Waals surface area contributed by atoms with Gasteiger partial charge in [0, 0.05) is 30.6 Å². The molecule has 4 aliphatic heterocycles. The standard InChI is InChI=1S/C29H25N7O3/c30-14-17-10-11-22(24(12-17)36-15-19-13-20(16-36)38-19)26(31)39-29(32)35-27-28(37)33-23-9-5-4-8-21(23)25(34-27)18-6-2-1-3-7-18/h1-12,19-20,27,31H,13,15-16H2,(H2,32,35)(H,33,37). The van der Waals surface area contributed by atoms with Crippen molar-refractivity contribution in [1.29, 1.82) is 10.7 Å². The molecule has 0 aromatic heterocycles. The number of nitrogens with two attached hydrogens (primary N) is 1. The molecule has 4 N–H and O–H groups in total. The number of hydrogen-bond acceptors (Lipinski definition) is 8. The number of amidine groups is 1. The molecule has 3 aromatic carbocycles. The van der Waals surface area contributed by atoms with Crippen LogP contribution in [0.1, 0.15) is 28.7 Å². The highest BCUT2D eigenvalue weighted by Crippen LogP contribution is 2.33. The molecule has 3 atom stereocenters. The Bertz CT molecular complexity index is 1540. The predicted molar refractivity (Wildman–Crippen MR) is 147 cm³/mol. The first kappa shape index (κ1) is 24.3. The Labute approximate surface area is 224 Å². The number of rotatable bonds is 4. The molecule has 10 nitrogen and oxygen atoms in total. The van der Waals surface area contributed by atoms with Gasteiger partial charge in [-0.3, -0.25) is 10.2 Å². The highest BCUT2D eigenvalue weighted by Gasteiger charge is 2.39. The van der Waals surface area contributed by atoms with Crippen molar-refractivity contribution < 1.29 is 14.3 Å². The van der Waals surface area contributed by atoms with Gasteiger partial charge in [-0.2, -0.15) is 10.3 Å². The number of carbonyl (C=O) groups excluding carboxylic acids is 1. The lowest BCUT2D eigenvalue weighted by atomic mass is 9.97. The molecule has 0 aliphatic carbocycles. The van der Waals surface area contributed by atoms with E-state index in [4.69, 9.17) is 20.6 Å². The number of fused-ring (bicyclic) bond motifs is 3. The SMILES string of the molecule is N#Cc1ccc(C(=N)O/C(N)=N/C2N=C(c3ccccc3)c3ccccc3NC2=O)c(N2CC3CC(C2)O3)c1. The van der Waals surface area contributed by atoms with Crippen LogP contribution in [0.15, 0.2) is 82.8 Å². The summed E-state index contributed by atoms with van der Waals surface area (Å²) in [6.45, 7) is 1.32. The number of nitriles is 1. The van der Waals surface area contributed by atoms with E-state index in [1.807, 2.05) is 48.5 Å². The van der Waals surface area contributed by atoms with Gasteiger partial charge < -0.3 is 25.4 Å². The lowest BCUT2D eigenvalue weighted by Gasteiger charge is -2.48. The number of benzodiazepines with no additional fused rings is 1. The Kier molecular flexibility index (Phi) is 6.26. The van der Waals surface area contributed by atoms with Crippen LogP contribution in [0, 0.1) is 16.7 Å². The Hall–Kier alpha value is -5.01. The molecular weight excluding hydrogens is 494 g/mol. The third-order valence-electron chi connectivity index (χ3n) is 6.90. The lowest BCUT2D eigenvalue weighted by Crippen LogP contribution is -2.57. The van der Waals surface area contributed by atoms with Crippen molar-refractivity contribution in [2.75, 3.05) is 23.3 Å². The van der Waals surface area contributed by atoms with E-state index in [0.717, 1.165) is 17.5 Å². The third kappa shape index (κ3) is 4.83.